The van der Waals surface area contributed by atoms with Crippen molar-refractivity contribution >= 4 is 45.7 Å². The van der Waals surface area contributed by atoms with Crippen LogP contribution in [-0.2, 0) is 6.42 Å². The van der Waals surface area contributed by atoms with E-state index in [0.29, 0.717) is 12.1 Å². The van der Waals surface area contributed by atoms with Gasteiger partial charge in [0.2, 0.25) is 0 Å². The second-order valence-electron chi connectivity index (χ2n) is 4.28. The number of hydrogen-bond acceptors (Lipinski definition) is 6. The second kappa shape index (κ2) is 5.71. The summed E-state index contributed by atoms with van der Waals surface area (Å²) < 4.78 is 6.20. The lowest BCUT2D eigenvalue weighted by Gasteiger charge is -1.98. The third-order valence-electron chi connectivity index (χ3n) is 2.87. The fourth-order valence-corrected chi connectivity index (χ4v) is 3.02. The largest absolute Gasteiger partial charge is 0.423 e. The van der Waals surface area contributed by atoms with Crippen LogP contribution in [0.4, 0.5) is 11.7 Å². The number of nitrogens with zero attached hydrogens (tertiary/aromatic N) is 2. The quantitative estimate of drug-likeness (QED) is 0.564. The molecule has 0 saturated carbocycles. The van der Waals surface area contributed by atoms with Gasteiger partial charge in [-0.05, 0) is 24.6 Å². The molecule has 108 valence electrons. The van der Waals surface area contributed by atoms with Gasteiger partial charge in [-0.25, -0.2) is 0 Å². The van der Waals surface area contributed by atoms with Crippen molar-refractivity contribution in [2.45, 2.75) is 6.42 Å². The van der Waals surface area contributed by atoms with E-state index in [1.54, 1.807) is 12.1 Å². The van der Waals surface area contributed by atoms with Crippen molar-refractivity contribution in [2.24, 2.45) is 0 Å². The molecule has 0 unspecified atom stereocenters. The molecule has 3 aromatic rings. The van der Waals surface area contributed by atoms with Gasteiger partial charge in [-0.2, -0.15) is 4.98 Å². The molecule has 1 aromatic carbocycles. The Kier molecular flexibility index (Phi) is 3.76. The van der Waals surface area contributed by atoms with Crippen LogP contribution in [0.5, 0.6) is 0 Å². The molecule has 2 heterocycles. The monoisotopic (exact) mass is 323 g/mol. The highest BCUT2D eigenvalue weighted by Gasteiger charge is 2.17. The lowest BCUT2D eigenvalue weighted by molar-refractivity contribution is -0.383. The second-order valence-corrected chi connectivity index (χ2v) is 6.08. The summed E-state index contributed by atoms with van der Waals surface area (Å²) in [4.78, 5) is 15.7. The number of hydrogen-bond donors (Lipinski definition) is 1. The number of non-ortho nitro benzene ring substituents is 1. The first-order valence-electron chi connectivity index (χ1n) is 6.15. The van der Waals surface area contributed by atoms with Gasteiger partial charge in [0.05, 0.1) is 9.26 Å². The van der Waals surface area contributed by atoms with Crippen LogP contribution in [0.1, 0.15) is 4.88 Å². The van der Waals surface area contributed by atoms with E-state index >= 15 is 0 Å². The van der Waals surface area contributed by atoms with Gasteiger partial charge in [-0.15, -0.1) is 11.3 Å². The number of fused-ring (bicyclic) bond motifs is 1. The summed E-state index contributed by atoms with van der Waals surface area (Å²) in [7, 11) is 0. The highest BCUT2D eigenvalue weighted by Crippen LogP contribution is 2.27. The number of nitro benzene ring substituents is 1. The van der Waals surface area contributed by atoms with Crippen LogP contribution in [-0.4, -0.2) is 16.5 Å². The van der Waals surface area contributed by atoms with E-state index in [0.717, 1.165) is 15.6 Å². The maximum atomic E-state index is 10.9. The number of thiophene rings is 1. The summed E-state index contributed by atoms with van der Waals surface area (Å²) in [5.74, 6) is 0. The normalized spacial score (nSPS) is 10.9. The maximum Gasteiger partial charge on any atom is 0.298 e. The summed E-state index contributed by atoms with van der Waals surface area (Å²) in [6.45, 7) is 0.609. The van der Waals surface area contributed by atoms with Crippen LogP contribution >= 0.6 is 22.9 Å². The molecule has 0 saturated heterocycles. The van der Waals surface area contributed by atoms with Crippen molar-refractivity contribution in [1.29, 1.82) is 0 Å². The van der Waals surface area contributed by atoms with E-state index in [-0.39, 0.29) is 17.2 Å². The molecular formula is C13H10ClN3O3S. The van der Waals surface area contributed by atoms with Crippen LogP contribution in [0.25, 0.3) is 11.1 Å². The van der Waals surface area contributed by atoms with Gasteiger partial charge in [-0.3, -0.25) is 10.1 Å². The van der Waals surface area contributed by atoms with E-state index in [4.69, 9.17) is 16.0 Å². The predicted octanol–water partition coefficient (Wildman–Crippen LogP) is 4.11. The Morgan fingerprint density at radius 2 is 2.24 bits per heavy atom. The summed E-state index contributed by atoms with van der Waals surface area (Å²) in [6, 6.07) is 8.72. The van der Waals surface area contributed by atoms with Gasteiger partial charge in [-0.1, -0.05) is 17.7 Å². The number of para-hydroxylation sites is 1. The number of nitrogens with one attached hydrogen (secondary N) is 1. The molecular weight excluding hydrogens is 314 g/mol. The van der Waals surface area contributed by atoms with Crippen molar-refractivity contribution < 1.29 is 9.34 Å². The molecule has 21 heavy (non-hydrogen) atoms. The van der Waals surface area contributed by atoms with Crippen molar-refractivity contribution in [1.82, 2.24) is 4.98 Å². The molecule has 6 nitrogen and oxygen atoms in total. The van der Waals surface area contributed by atoms with E-state index in [1.807, 2.05) is 12.1 Å². The molecule has 0 atom stereocenters. The predicted molar refractivity (Wildman–Crippen MR) is 82.2 cm³/mol. The lowest BCUT2D eigenvalue weighted by atomic mass is 10.3. The molecule has 3 rings (SSSR count). The van der Waals surface area contributed by atoms with Crippen LogP contribution in [0.2, 0.25) is 4.34 Å². The first kappa shape index (κ1) is 13.8. The van der Waals surface area contributed by atoms with Crippen molar-refractivity contribution in [3.8, 4) is 0 Å². The molecule has 0 aliphatic rings. The molecule has 0 amide bonds. The summed E-state index contributed by atoms with van der Waals surface area (Å²) in [6.07, 6.45) is 0.776. The van der Waals surface area contributed by atoms with Gasteiger partial charge >= 0.3 is 0 Å². The van der Waals surface area contributed by atoms with Crippen LogP contribution in [0, 0.1) is 10.1 Å². The highest BCUT2D eigenvalue weighted by atomic mass is 35.5. The minimum Gasteiger partial charge on any atom is -0.423 e. The first-order chi connectivity index (χ1) is 10.1. The number of anilines is 1. The standard InChI is InChI=1S/C13H10ClN3O3S/c14-11-5-4-8(21-11)6-7-15-13-16-12-9(17(18)19)2-1-3-10(12)20-13/h1-5H,6-7H2,(H,15,16). The van der Waals surface area contributed by atoms with E-state index in [1.165, 1.54) is 17.4 Å². The van der Waals surface area contributed by atoms with E-state index in [9.17, 15) is 10.1 Å². The molecule has 0 radical (unpaired) electrons. The fourth-order valence-electron chi connectivity index (χ4n) is 1.94. The summed E-state index contributed by atoms with van der Waals surface area (Å²) in [5, 5.41) is 13.9. The zero-order chi connectivity index (χ0) is 14.8. The van der Waals surface area contributed by atoms with E-state index in [2.05, 4.69) is 10.3 Å². The average Bonchev–Trinajstić information content (AvgIpc) is 3.04. The maximum absolute atomic E-state index is 10.9. The van der Waals surface area contributed by atoms with Crippen LogP contribution in [0.15, 0.2) is 34.7 Å². The third-order valence-corrected chi connectivity index (χ3v) is 4.16. The molecule has 0 aliphatic carbocycles. The molecule has 0 fully saturated rings. The molecule has 1 N–H and O–H groups in total. The smallest absolute Gasteiger partial charge is 0.298 e. The Morgan fingerprint density at radius 3 is 2.95 bits per heavy atom. The van der Waals surface area contributed by atoms with Crippen molar-refractivity contribution in [3.63, 3.8) is 0 Å². The number of aromatic nitrogens is 1. The molecule has 0 aliphatic heterocycles. The molecule has 8 heteroatoms. The molecule has 0 bridgehead atoms. The Hall–Kier alpha value is -2.12. The van der Waals surface area contributed by atoms with Gasteiger partial charge in [0.25, 0.3) is 11.7 Å². The topological polar surface area (TPSA) is 81.2 Å². The number of halogens is 1. The van der Waals surface area contributed by atoms with Crippen LogP contribution < -0.4 is 5.32 Å². The zero-order valence-electron chi connectivity index (χ0n) is 10.7. The highest BCUT2D eigenvalue weighted by molar-refractivity contribution is 7.16. The summed E-state index contributed by atoms with van der Waals surface area (Å²) >= 11 is 7.38. The average molecular weight is 324 g/mol. The SMILES string of the molecule is O=[N+]([O-])c1cccc2oc(NCCc3ccc(Cl)s3)nc12. The van der Waals surface area contributed by atoms with Crippen molar-refractivity contribution in [2.75, 3.05) is 11.9 Å². The number of rotatable bonds is 5. The minimum absolute atomic E-state index is 0.0608. The van der Waals surface area contributed by atoms with E-state index < -0.39 is 4.92 Å². The van der Waals surface area contributed by atoms with Crippen molar-refractivity contribution in [3.05, 3.63) is 49.7 Å². The van der Waals surface area contributed by atoms with Gasteiger partial charge in [0, 0.05) is 17.5 Å². The molecule has 0 spiro atoms. The summed E-state index contributed by atoms with van der Waals surface area (Å²) in [5.41, 5.74) is 0.587. The Labute approximate surface area is 128 Å². The number of nitro groups is 1. The fraction of sp³-hybridized carbons (Fsp3) is 0.154. The zero-order valence-corrected chi connectivity index (χ0v) is 12.3. The Bertz CT molecular complexity index is 799. The Balaban J connectivity index is 1.73. The molecule has 2 aromatic heterocycles. The lowest BCUT2D eigenvalue weighted by Crippen LogP contribution is -2.03. The number of oxazole rings is 1. The van der Waals surface area contributed by atoms with Gasteiger partial charge in [0.1, 0.15) is 0 Å². The van der Waals surface area contributed by atoms with Gasteiger partial charge < -0.3 is 9.73 Å². The van der Waals surface area contributed by atoms with Crippen LogP contribution in [0.3, 0.4) is 0 Å². The Morgan fingerprint density at radius 1 is 1.38 bits per heavy atom. The number of benzene rings is 1. The van der Waals surface area contributed by atoms with Gasteiger partial charge in [0.15, 0.2) is 11.1 Å². The third kappa shape index (κ3) is 2.98. The first-order valence-corrected chi connectivity index (χ1v) is 7.35. The minimum atomic E-state index is -0.470.